The van der Waals surface area contributed by atoms with Crippen LogP contribution < -0.4 is 10.1 Å². The van der Waals surface area contributed by atoms with Crippen LogP contribution >= 0.6 is 11.6 Å². The molecule has 2 heterocycles. The predicted octanol–water partition coefficient (Wildman–Crippen LogP) is 4.56. The standard InChI is InChI=1S/C20H19ClFN5O3/c1-10(2)29-20(28)27-8-16(12-7-15(12)27)30-19-17(22)18(24-9-25-19)26-14-5-4-11(23-3)6-13(14)21/h4-6,9-10,12,15-16H,7-8H2,1-2H3,(H,24,25,26). The van der Waals surface area contributed by atoms with Crippen molar-refractivity contribution in [2.24, 2.45) is 5.92 Å². The fourth-order valence-corrected chi connectivity index (χ4v) is 3.72. The van der Waals surface area contributed by atoms with Crippen molar-refractivity contribution in [3.8, 4) is 5.88 Å². The molecule has 4 rings (SSSR count). The van der Waals surface area contributed by atoms with Gasteiger partial charge < -0.3 is 19.7 Å². The van der Waals surface area contributed by atoms with Gasteiger partial charge in [-0.3, -0.25) is 0 Å². The molecule has 0 bridgehead atoms. The first kappa shape index (κ1) is 20.2. The van der Waals surface area contributed by atoms with Gasteiger partial charge in [-0.25, -0.2) is 14.6 Å². The van der Waals surface area contributed by atoms with E-state index < -0.39 is 5.82 Å². The van der Waals surface area contributed by atoms with Gasteiger partial charge in [0.1, 0.15) is 12.4 Å². The number of likely N-dealkylation sites (tertiary alicyclic amines) is 1. The minimum absolute atomic E-state index is 0.0588. The van der Waals surface area contributed by atoms with Gasteiger partial charge in [-0.1, -0.05) is 17.7 Å². The Balaban J connectivity index is 1.47. The molecule has 1 amide bonds. The number of hydrogen-bond donors (Lipinski definition) is 1. The number of ether oxygens (including phenoxy) is 2. The Bertz CT molecular complexity index is 1030. The summed E-state index contributed by atoms with van der Waals surface area (Å²) in [5, 5.41) is 3.07. The first-order valence-electron chi connectivity index (χ1n) is 9.45. The fourth-order valence-electron chi connectivity index (χ4n) is 3.50. The Morgan fingerprint density at radius 1 is 1.43 bits per heavy atom. The van der Waals surface area contributed by atoms with Crippen LogP contribution in [0.15, 0.2) is 24.5 Å². The number of nitrogens with one attached hydrogen (secondary N) is 1. The van der Waals surface area contributed by atoms with Crippen LogP contribution in [-0.4, -0.2) is 45.8 Å². The maximum atomic E-state index is 14.9. The highest BCUT2D eigenvalue weighted by Gasteiger charge is 2.57. The van der Waals surface area contributed by atoms with Gasteiger partial charge in [-0.15, -0.1) is 0 Å². The van der Waals surface area contributed by atoms with Crippen LogP contribution in [0.2, 0.25) is 5.02 Å². The second-order valence-corrected chi connectivity index (χ2v) is 7.86. The maximum Gasteiger partial charge on any atom is 0.410 e. The average Bonchev–Trinajstić information content (AvgIpc) is 3.41. The highest BCUT2D eigenvalue weighted by Crippen LogP contribution is 2.46. The third-order valence-electron chi connectivity index (χ3n) is 4.99. The molecule has 8 nitrogen and oxygen atoms in total. The van der Waals surface area contributed by atoms with E-state index in [2.05, 4.69) is 20.1 Å². The Morgan fingerprint density at radius 3 is 2.93 bits per heavy atom. The zero-order chi connectivity index (χ0) is 21.4. The molecule has 3 atom stereocenters. The number of carbonyl (C=O) groups excluding carboxylic acids is 1. The van der Waals surface area contributed by atoms with Crippen molar-refractivity contribution in [2.75, 3.05) is 11.9 Å². The zero-order valence-electron chi connectivity index (χ0n) is 16.3. The van der Waals surface area contributed by atoms with Crippen LogP contribution in [0.1, 0.15) is 20.3 Å². The second-order valence-electron chi connectivity index (χ2n) is 7.45. The van der Waals surface area contributed by atoms with Crippen molar-refractivity contribution >= 4 is 34.9 Å². The molecule has 156 valence electrons. The van der Waals surface area contributed by atoms with Crippen molar-refractivity contribution < 1.29 is 18.7 Å². The molecule has 10 heteroatoms. The normalized spacial score (nSPS) is 21.7. The lowest BCUT2D eigenvalue weighted by Crippen LogP contribution is -2.36. The highest BCUT2D eigenvalue weighted by molar-refractivity contribution is 6.33. The van der Waals surface area contributed by atoms with E-state index in [0.29, 0.717) is 17.9 Å². The summed E-state index contributed by atoms with van der Waals surface area (Å²) < 4.78 is 26.0. The lowest BCUT2D eigenvalue weighted by atomic mass is 10.2. The van der Waals surface area contributed by atoms with Crippen molar-refractivity contribution in [2.45, 2.75) is 38.5 Å². The fraction of sp³-hybridized carbons (Fsp3) is 0.400. The monoisotopic (exact) mass is 431 g/mol. The number of halogens is 2. The van der Waals surface area contributed by atoms with Crippen molar-refractivity contribution in [1.82, 2.24) is 14.9 Å². The van der Waals surface area contributed by atoms with E-state index in [4.69, 9.17) is 27.6 Å². The molecule has 0 spiro atoms. The summed E-state index contributed by atoms with van der Waals surface area (Å²) in [6.45, 7) is 10.9. The Hall–Kier alpha value is -3.12. The van der Waals surface area contributed by atoms with Gasteiger partial charge in [0.05, 0.1) is 29.9 Å². The highest BCUT2D eigenvalue weighted by atomic mass is 35.5. The number of rotatable bonds is 5. The van der Waals surface area contributed by atoms with Gasteiger partial charge in [0.15, 0.2) is 11.5 Å². The molecule has 30 heavy (non-hydrogen) atoms. The molecule has 1 saturated heterocycles. The maximum absolute atomic E-state index is 14.9. The lowest BCUT2D eigenvalue weighted by molar-refractivity contribution is 0.0713. The number of hydrogen-bond acceptors (Lipinski definition) is 6. The summed E-state index contributed by atoms with van der Waals surface area (Å²) in [7, 11) is 0. The van der Waals surface area contributed by atoms with Crippen LogP contribution in [0, 0.1) is 18.3 Å². The first-order valence-corrected chi connectivity index (χ1v) is 9.83. The molecular weight excluding hydrogens is 413 g/mol. The van der Waals surface area contributed by atoms with Crippen LogP contribution in [0.3, 0.4) is 0 Å². The molecule has 1 saturated carbocycles. The quantitative estimate of drug-likeness (QED) is 0.699. The second kappa shape index (κ2) is 7.95. The zero-order valence-corrected chi connectivity index (χ0v) is 17.1. The summed E-state index contributed by atoms with van der Waals surface area (Å²) in [5.74, 6) is -0.927. The summed E-state index contributed by atoms with van der Waals surface area (Å²) in [6, 6.07) is 4.67. The molecule has 1 aliphatic heterocycles. The van der Waals surface area contributed by atoms with Crippen LogP contribution in [0.25, 0.3) is 4.85 Å². The van der Waals surface area contributed by atoms with E-state index in [0.717, 1.165) is 6.42 Å². The smallest absolute Gasteiger partial charge is 0.410 e. The van der Waals surface area contributed by atoms with Crippen molar-refractivity contribution in [3.63, 3.8) is 0 Å². The Kier molecular flexibility index (Phi) is 5.35. The number of nitrogens with zero attached hydrogens (tertiary/aromatic N) is 4. The molecule has 1 N–H and O–H groups in total. The first-order chi connectivity index (χ1) is 14.4. The molecule has 2 aromatic rings. The minimum Gasteiger partial charge on any atom is -0.470 e. The van der Waals surface area contributed by atoms with Gasteiger partial charge in [0.25, 0.3) is 5.88 Å². The van der Waals surface area contributed by atoms with Gasteiger partial charge in [-0.2, -0.15) is 9.37 Å². The third-order valence-corrected chi connectivity index (χ3v) is 5.30. The molecule has 2 fully saturated rings. The summed E-state index contributed by atoms with van der Waals surface area (Å²) in [4.78, 5) is 25.0. The largest absolute Gasteiger partial charge is 0.470 e. The van der Waals surface area contributed by atoms with Gasteiger partial charge in [0, 0.05) is 12.0 Å². The average molecular weight is 432 g/mol. The van der Waals surface area contributed by atoms with Gasteiger partial charge >= 0.3 is 6.09 Å². The number of piperidine rings is 1. The molecule has 1 aromatic carbocycles. The molecule has 2 aliphatic rings. The topological polar surface area (TPSA) is 80.9 Å². The number of fused-ring (bicyclic) bond motifs is 1. The number of anilines is 2. The summed E-state index contributed by atoms with van der Waals surface area (Å²) >= 11 is 6.14. The van der Waals surface area contributed by atoms with Crippen molar-refractivity contribution in [1.29, 1.82) is 0 Å². The van der Waals surface area contributed by atoms with E-state index >= 15 is 0 Å². The van der Waals surface area contributed by atoms with E-state index in [1.54, 1.807) is 30.9 Å². The van der Waals surface area contributed by atoms with E-state index in [-0.39, 0.29) is 47.0 Å². The van der Waals surface area contributed by atoms with E-state index in [1.807, 2.05) is 0 Å². The van der Waals surface area contributed by atoms with Crippen LogP contribution in [0.5, 0.6) is 5.88 Å². The molecule has 1 aliphatic carbocycles. The van der Waals surface area contributed by atoms with E-state index in [1.165, 1.54) is 12.4 Å². The predicted molar refractivity (Wildman–Crippen MR) is 108 cm³/mol. The Morgan fingerprint density at radius 2 is 2.23 bits per heavy atom. The number of benzene rings is 1. The van der Waals surface area contributed by atoms with E-state index in [9.17, 15) is 9.18 Å². The SMILES string of the molecule is [C-]#[N+]c1ccc(Nc2ncnc(OC3CN(C(=O)OC(C)C)C4CC34)c2F)c(Cl)c1. The van der Waals surface area contributed by atoms with Gasteiger partial charge in [0.2, 0.25) is 5.82 Å². The summed E-state index contributed by atoms with van der Waals surface area (Å²) in [5.41, 5.74) is 0.775. The van der Waals surface area contributed by atoms with Gasteiger partial charge in [-0.05, 0) is 32.4 Å². The van der Waals surface area contributed by atoms with Crippen molar-refractivity contribution in [3.05, 3.63) is 46.8 Å². The minimum atomic E-state index is -0.761. The lowest BCUT2D eigenvalue weighted by Gasteiger charge is -2.22. The molecular formula is C20H19ClFN5O3. The summed E-state index contributed by atoms with van der Waals surface area (Å²) in [6.07, 6.45) is 1.02. The molecule has 3 unspecified atom stereocenters. The number of aromatic nitrogens is 2. The number of amides is 1. The number of carbonyl (C=O) groups is 1. The van der Waals surface area contributed by atoms with Crippen LogP contribution in [-0.2, 0) is 4.74 Å². The molecule has 0 radical (unpaired) electrons. The third kappa shape index (κ3) is 3.96. The van der Waals surface area contributed by atoms with Crippen LogP contribution in [0.4, 0.5) is 26.4 Å². The Labute approximate surface area is 177 Å². The molecule has 1 aromatic heterocycles.